The van der Waals surface area contributed by atoms with E-state index in [4.69, 9.17) is 15.2 Å². The van der Waals surface area contributed by atoms with E-state index < -0.39 is 0 Å². The molecule has 18 heavy (non-hydrogen) atoms. The van der Waals surface area contributed by atoms with Crippen molar-refractivity contribution in [2.24, 2.45) is 0 Å². The van der Waals surface area contributed by atoms with Crippen LogP contribution in [0.5, 0.6) is 5.88 Å². The molecular weight excluding hydrogens is 232 g/mol. The summed E-state index contributed by atoms with van der Waals surface area (Å²) < 4.78 is 10.4. The van der Waals surface area contributed by atoms with E-state index in [-0.39, 0.29) is 5.54 Å². The molecule has 0 radical (unpaired) electrons. The second-order valence-corrected chi connectivity index (χ2v) is 4.95. The van der Waals surface area contributed by atoms with Gasteiger partial charge >= 0.3 is 0 Å². The van der Waals surface area contributed by atoms with Gasteiger partial charge in [0.05, 0.1) is 6.61 Å². The van der Waals surface area contributed by atoms with E-state index in [1.165, 1.54) is 0 Å². The lowest BCUT2D eigenvalue weighted by Gasteiger charge is -2.23. The average Bonchev–Trinajstić information content (AvgIpc) is 2.23. The molecule has 1 aromatic rings. The SMILES string of the molecule is CCOc1nc(COC)nc(NC(C)(C)C)c1N. The smallest absolute Gasteiger partial charge is 0.242 e. The number of nitrogen functional groups attached to an aromatic ring is 1. The molecule has 1 rings (SSSR count). The fourth-order valence-electron chi connectivity index (χ4n) is 1.38. The summed E-state index contributed by atoms with van der Waals surface area (Å²) in [5.74, 6) is 1.52. The van der Waals surface area contributed by atoms with Gasteiger partial charge in [-0.3, -0.25) is 0 Å². The number of hydrogen-bond donors (Lipinski definition) is 2. The summed E-state index contributed by atoms with van der Waals surface area (Å²) in [5, 5.41) is 3.24. The zero-order valence-corrected chi connectivity index (χ0v) is 11.7. The molecule has 0 unspecified atom stereocenters. The van der Waals surface area contributed by atoms with Gasteiger partial charge in [-0.25, -0.2) is 4.98 Å². The average molecular weight is 254 g/mol. The summed E-state index contributed by atoms with van der Waals surface area (Å²) in [4.78, 5) is 8.56. The minimum atomic E-state index is -0.143. The van der Waals surface area contributed by atoms with Gasteiger partial charge in [-0.1, -0.05) is 0 Å². The molecule has 0 amide bonds. The van der Waals surface area contributed by atoms with Crippen LogP contribution in [-0.4, -0.2) is 29.2 Å². The van der Waals surface area contributed by atoms with Crippen LogP contribution in [0.25, 0.3) is 0 Å². The number of rotatable bonds is 5. The van der Waals surface area contributed by atoms with Crippen molar-refractivity contribution in [3.05, 3.63) is 5.82 Å². The first-order valence-corrected chi connectivity index (χ1v) is 5.93. The summed E-state index contributed by atoms with van der Waals surface area (Å²) in [6.45, 7) is 8.80. The van der Waals surface area contributed by atoms with Gasteiger partial charge in [0.25, 0.3) is 0 Å². The largest absolute Gasteiger partial charge is 0.476 e. The lowest BCUT2D eigenvalue weighted by Crippen LogP contribution is -2.28. The monoisotopic (exact) mass is 254 g/mol. The van der Waals surface area contributed by atoms with Crippen LogP contribution in [0.3, 0.4) is 0 Å². The van der Waals surface area contributed by atoms with Gasteiger partial charge in [-0.05, 0) is 27.7 Å². The molecule has 0 saturated heterocycles. The number of aromatic nitrogens is 2. The maximum absolute atomic E-state index is 5.99. The molecule has 1 heterocycles. The summed E-state index contributed by atoms with van der Waals surface area (Å²) in [6.07, 6.45) is 0. The minimum absolute atomic E-state index is 0.143. The highest BCUT2D eigenvalue weighted by Gasteiger charge is 2.17. The van der Waals surface area contributed by atoms with Crippen LogP contribution in [0, 0.1) is 0 Å². The predicted octanol–water partition coefficient (Wildman–Crippen LogP) is 1.81. The number of ether oxygens (including phenoxy) is 2. The minimum Gasteiger partial charge on any atom is -0.476 e. The standard InChI is InChI=1S/C12H22N4O2/c1-6-18-11-9(13)10(16-12(2,3)4)14-8(15-11)7-17-5/h6-7,13H2,1-5H3,(H,14,15,16). The number of anilines is 2. The molecule has 0 aliphatic rings. The molecule has 0 aromatic carbocycles. The van der Waals surface area contributed by atoms with Crippen molar-refractivity contribution in [2.75, 3.05) is 24.8 Å². The zero-order chi connectivity index (χ0) is 13.8. The van der Waals surface area contributed by atoms with E-state index >= 15 is 0 Å². The summed E-state index contributed by atoms with van der Waals surface area (Å²) in [6, 6.07) is 0. The van der Waals surface area contributed by atoms with E-state index in [0.717, 1.165) is 0 Å². The van der Waals surface area contributed by atoms with Gasteiger partial charge < -0.3 is 20.5 Å². The van der Waals surface area contributed by atoms with Crippen molar-refractivity contribution >= 4 is 11.5 Å². The molecule has 0 aliphatic heterocycles. The number of nitrogens with zero attached hydrogens (tertiary/aromatic N) is 2. The number of nitrogens with one attached hydrogen (secondary N) is 1. The number of nitrogens with two attached hydrogens (primary N) is 1. The molecule has 6 heteroatoms. The van der Waals surface area contributed by atoms with E-state index in [1.54, 1.807) is 7.11 Å². The lowest BCUT2D eigenvalue weighted by molar-refractivity contribution is 0.176. The highest BCUT2D eigenvalue weighted by atomic mass is 16.5. The molecule has 0 atom stereocenters. The van der Waals surface area contributed by atoms with E-state index in [2.05, 4.69) is 15.3 Å². The third-order valence-corrected chi connectivity index (χ3v) is 2.00. The van der Waals surface area contributed by atoms with Crippen LogP contribution in [0.4, 0.5) is 11.5 Å². The Bertz CT molecular complexity index is 402. The maximum atomic E-state index is 5.99. The normalized spacial score (nSPS) is 11.4. The van der Waals surface area contributed by atoms with Gasteiger partial charge in [0.2, 0.25) is 5.88 Å². The van der Waals surface area contributed by atoms with Gasteiger partial charge in [0.1, 0.15) is 12.3 Å². The summed E-state index contributed by atoms with van der Waals surface area (Å²) in [5.41, 5.74) is 6.27. The van der Waals surface area contributed by atoms with Crippen LogP contribution < -0.4 is 15.8 Å². The van der Waals surface area contributed by atoms with Gasteiger partial charge in [0.15, 0.2) is 11.6 Å². The number of methoxy groups -OCH3 is 1. The highest BCUT2D eigenvalue weighted by Crippen LogP contribution is 2.28. The lowest BCUT2D eigenvalue weighted by atomic mass is 10.1. The first kappa shape index (κ1) is 14.5. The fraction of sp³-hybridized carbons (Fsp3) is 0.667. The summed E-state index contributed by atoms with van der Waals surface area (Å²) in [7, 11) is 1.59. The number of hydrogen-bond acceptors (Lipinski definition) is 6. The van der Waals surface area contributed by atoms with Crippen molar-refractivity contribution < 1.29 is 9.47 Å². The van der Waals surface area contributed by atoms with Gasteiger partial charge in [0, 0.05) is 12.6 Å². The van der Waals surface area contributed by atoms with Crippen LogP contribution in [0.15, 0.2) is 0 Å². The first-order valence-electron chi connectivity index (χ1n) is 5.93. The quantitative estimate of drug-likeness (QED) is 0.834. The fourth-order valence-corrected chi connectivity index (χ4v) is 1.38. The van der Waals surface area contributed by atoms with Crippen molar-refractivity contribution in [2.45, 2.75) is 39.8 Å². The van der Waals surface area contributed by atoms with Crippen LogP contribution in [0.2, 0.25) is 0 Å². The molecule has 0 spiro atoms. The Balaban J connectivity index is 3.13. The molecule has 0 bridgehead atoms. The first-order chi connectivity index (χ1) is 8.37. The second kappa shape index (κ2) is 5.86. The molecule has 0 fully saturated rings. The van der Waals surface area contributed by atoms with Crippen molar-refractivity contribution in [3.63, 3.8) is 0 Å². The molecule has 6 nitrogen and oxygen atoms in total. The Kier molecular flexibility index (Phi) is 4.72. The van der Waals surface area contributed by atoms with Crippen LogP contribution >= 0.6 is 0 Å². The van der Waals surface area contributed by atoms with E-state index in [1.807, 2.05) is 27.7 Å². The third-order valence-electron chi connectivity index (χ3n) is 2.00. The van der Waals surface area contributed by atoms with E-state index in [0.29, 0.717) is 36.4 Å². The molecule has 3 N–H and O–H groups in total. The molecule has 0 aliphatic carbocycles. The van der Waals surface area contributed by atoms with E-state index in [9.17, 15) is 0 Å². The topological polar surface area (TPSA) is 82.3 Å². The molecular formula is C12H22N4O2. The Morgan fingerprint density at radius 3 is 2.44 bits per heavy atom. The second-order valence-electron chi connectivity index (χ2n) is 4.95. The van der Waals surface area contributed by atoms with Gasteiger partial charge in [-0.2, -0.15) is 4.98 Å². The highest BCUT2D eigenvalue weighted by molar-refractivity contribution is 5.67. The maximum Gasteiger partial charge on any atom is 0.242 e. The van der Waals surface area contributed by atoms with Crippen LogP contribution in [-0.2, 0) is 11.3 Å². The Hall–Kier alpha value is -1.56. The Morgan fingerprint density at radius 2 is 1.94 bits per heavy atom. The summed E-state index contributed by atoms with van der Waals surface area (Å²) >= 11 is 0. The predicted molar refractivity (Wildman–Crippen MR) is 71.7 cm³/mol. The Morgan fingerprint density at radius 1 is 1.28 bits per heavy atom. The Labute approximate surface area is 108 Å². The van der Waals surface area contributed by atoms with Crippen molar-refractivity contribution in [3.8, 4) is 5.88 Å². The molecule has 0 saturated carbocycles. The van der Waals surface area contributed by atoms with Gasteiger partial charge in [-0.15, -0.1) is 0 Å². The molecule has 1 aromatic heterocycles. The van der Waals surface area contributed by atoms with Crippen LogP contribution in [0.1, 0.15) is 33.5 Å². The van der Waals surface area contributed by atoms with Crippen molar-refractivity contribution in [1.82, 2.24) is 9.97 Å². The zero-order valence-electron chi connectivity index (χ0n) is 11.7. The van der Waals surface area contributed by atoms with Crippen molar-refractivity contribution in [1.29, 1.82) is 0 Å². The third kappa shape index (κ3) is 4.03. The molecule has 102 valence electrons.